The first-order valence-electron chi connectivity index (χ1n) is 4.77. The van der Waals surface area contributed by atoms with Crippen molar-refractivity contribution in [2.75, 3.05) is 0 Å². The molecule has 0 N–H and O–H groups in total. The molecule has 5 heteroatoms. The minimum atomic E-state index is -3.40. The Morgan fingerprint density at radius 3 is 2.18 bits per heavy atom. The fourth-order valence-corrected chi connectivity index (χ4v) is 4.69. The number of halogens is 2. The van der Waals surface area contributed by atoms with Crippen molar-refractivity contribution in [2.45, 2.75) is 9.79 Å². The Kier molecular flexibility index (Phi) is 4.09. The lowest BCUT2D eigenvalue weighted by Gasteiger charge is -2.07. The first-order chi connectivity index (χ1) is 8.01. The van der Waals surface area contributed by atoms with Crippen molar-refractivity contribution in [2.24, 2.45) is 0 Å². The van der Waals surface area contributed by atoms with Crippen LogP contribution >= 0.6 is 45.2 Å². The highest BCUT2D eigenvalue weighted by Crippen LogP contribution is 2.26. The molecule has 0 aromatic heterocycles. The summed E-state index contributed by atoms with van der Waals surface area (Å²) in [7, 11) is -3.40. The number of benzene rings is 2. The maximum atomic E-state index is 12.4. The van der Waals surface area contributed by atoms with Crippen LogP contribution in [-0.4, -0.2) is 8.42 Å². The monoisotopic (exact) mass is 470 g/mol. The van der Waals surface area contributed by atoms with Crippen LogP contribution in [0.25, 0.3) is 0 Å². The van der Waals surface area contributed by atoms with Crippen molar-refractivity contribution in [3.8, 4) is 0 Å². The molecule has 2 rings (SSSR count). The van der Waals surface area contributed by atoms with Gasteiger partial charge in [0.1, 0.15) is 0 Å². The normalized spacial score (nSPS) is 11.4. The Labute approximate surface area is 128 Å². The topological polar surface area (TPSA) is 34.1 Å². The van der Waals surface area contributed by atoms with Gasteiger partial charge in [0.05, 0.1) is 9.79 Å². The van der Waals surface area contributed by atoms with Crippen molar-refractivity contribution in [1.29, 1.82) is 0 Å². The van der Waals surface area contributed by atoms with E-state index in [2.05, 4.69) is 22.6 Å². The van der Waals surface area contributed by atoms with Gasteiger partial charge >= 0.3 is 0 Å². The van der Waals surface area contributed by atoms with E-state index >= 15 is 0 Å². The summed E-state index contributed by atoms with van der Waals surface area (Å²) in [5, 5.41) is 0. The van der Waals surface area contributed by atoms with Crippen LogP contribution in [0, 0.1) is 7.14 Å². The van der Waals surface area contributed by atoms with E-state index in [0.29, 0.717) is 9.79 Å². The number of rotatable bonds is 2. The Balaban J connectivity index is 2.64. The molecule has 2 aromatic rings. The van der Waals surface area contributed by atoms with Gasteiger partial charge in [0.15, 0.2) is 0 Å². The second-order valence-corrected chi connectivity index (χ2v) is 7.72. The van der Waals surface area contributed by atoms with Crippen LogP contribution in [0.2, 0.25) is 0 Å². The minimum absolute atomic E-state index is 0.333. The zero-order valence-corrected chi connectivity index (χ0v) is 13.7. The van der Waals surface area contributed by atoms with Gasteiger partial charge in [-0.25, -0.2) is 8.42 Å². The summed E-state index contributed by atoms with van der Waals surface area (Å²) in [6.45, 7) is 0. The van der Waals surface area contributed by atoms with Crippen LogP contribution in [0.1, 0.15) is 0 Å². The lowest BCUT2D eigenvalue weighted by atomic mass is 10.4. The summed E-state index contributed by atoms with van der Waals surface area (Å²) in [4.78, 5) is 0.705. The van der Waals surface area contributed by atoms with Crippen molar-refractivity contribution in [3.05, 3.63) is 55.7 Å². The van der Waals surface area contributed by atoms with Gasteiger partial charge in [0.2, 0.25) is 9.84 Å². The van der Waals surface area contributed by atoms with Crippen molar-refractivity contribution in [3.63, 3.8) is 0 Å². The quantitative estimate of drug-likeness (QED) is 0.628. The van der Waals surface area contributed by atoms with Crippen LogP contribution in [0.3, 0.4) is 0 Å². The van der Waals surface area contributed by atoms with Crippen LogP contribution in [0.15, 0.2) is 58.3 Å². The molecule has 0 heterocycles. The lowest BCUT2D eigenvalue weighted by Crippen LogP contribution is -2.04. The van der Waals surface area contributed by atoms with Gasteiger partial charge in [-0.2, -0.15) is 0 Å². The molecule has 0 amide bonds. The van der Waals surface area contributed by atoms with Crippen molar-refractivity contribution in [1.82, 2.24) is 0 Å². The third-order valence-corrected chi connectivity index (χ3v) is 6.02. The molecule has 0 fully saturated rings. The average Bonchev–Trinajstić information content (AvgIpc) is 2.33. The molecule has 2 aromatic carbocycles. The van der Waals surface area contributed by atoms with E-state index in [4.69, 9.17) is 0 Å². The molecule has 0 bridgehead atoms. The lowest BCUT2D eigenvalue weighted by molar-refractivity contribution is 0.595. The Morgan fingerprint density at radius 1 is 0.882 bits per heavy atom. The summed E-state index contributed by atoms with van der Waals surface area (Å²) < 4.78 is 26.5. The van der Waals surface area contributed by atoms with Crippen LogP contribution in [0.4, 0.5) is 0 Å². The van der Waals surface area contributed by atoms with Crippen LogP contribution in [0.5, 0.6) is 0 Å². The fraction of sp³-hybridized carbons (Fsp3) is 0. The standard InChI is InChI=1S/C12H8I2O2S/c13-9-6-7-11(14)12(8-9)17(15,16)10-4-2-1-3-5-10/h1-8H. The largest absolute Gasteiger partial charge is 0.218 e. The SMILES string of the molecule is O=S(=O)(c1ccccc1)c1cc(I)ccc1I. The highest BCUT2D eigenvalue weighted by atomic mass is 127. The molecule has 0 saturated carbocycles. The summed E-state index contributed by atoms with van der Waals surface area (Å²) in [5.41, 5.74) is 0. The minimum Gasteiger partial charge on any atom is -0.218 e. The highest BCUT2D eigenvalue weighted by Gasteiger charge is 2.20. The van der Waals surface area contributed by atoms with Gasteiger partial charge in [0, 0.05) is 7.14 Å². The third kappa shape index (κ3) is 2.82. The maximum absolute atomic E-state index is 12.4. The smallest absolute Gasteiger partial charge is 0.207 e. The second kappa shape index (κ2) is 5.23. The molecule has 17 heavy (non-hydrogen) atoms. The zero-order valence-electron chi connectivity index (χ0n) is 8.60. The maximum Gasteiger partial charge on any atom is 0.207 e. The molecule has 0 aliphatic rings. The second-order valence-electron chi connectivity index (χ2n) is 3.39. The summed E-state index contributed by atoms with van der Waals surface area (Å²) in [6.07, 6.45) is 0. The fourth-order valence-electron chi connectivity index (χ4n) is 1.41. The molecular weight excluding hydrogens is 462 g/mol. The van der Waals surface area contributed by atoms with Gasteiger partial charge in [-0.05, 0) is 75.5 Å². The summed E-state index contributed by atoms with van der Waals surface area (Å²) in [5.74, 6) is 0. The Morgan fingerprint density at radius 2 is 1.53 bits per heavy atom. The predicted octanol–water partition coefficient (Wildman–Crippen LogP) is 3.73. The molecule has 0 aliphatic carbocycles. The highest BCUT2D eigenvalue weighted by molar-refractivity contribution is 14.1. The van der Waals surface area contributed by atoms with Gasteiger partial charge < -0.3 is 0 Å². The van der Waals surface area contributed by atoms with Gasteiger partial charge in [-0.1, -0.05) is 18.2 Å². The van der Waals surface area contributed by atoms with E-state index in [9.17, 15) is 8.42 Å². The van der Waals surface area contributed by atoms with E-state index in [1.165, 1.54) is 0 Å². The van der Waals surface area contributed by atoms with Crippen molar-refractivity contribution < 1.29 is 8.42 Å². The van der Waals surface area contributed by atoms with Gasteiger partial charge in [-0.15, -0.1) is 0 Å². The first kappa shape index (κ1) is 13.3. The molecule has 0 atom stereocenters. The number of hydrogen-bond donors (Lipinski definition) is 0. The third-order valence-electron chi connectivity index (χ3n) is 2.24. The summed E-state index contributed by atoms with van der Waals surface area (Å²) >= 11 is 4.16. The van der Waals surface area contributed by atoms with E-state index in [1.54, 1.807) is 36.4 Å². The van der Waals surface area contributed by atoms with E-state index in [-0.39, 0.29) is 0 Å². The molecule has 0 saturated heterocycles. The number of sulfone groups is 1. The van der Waals surface area contributed by atoms with E-state index in [1.807, 2.05) is 34.7 Å². The first-order valence-corrected chi connectivity index (χ1v) is 8.41. The van der Waals surface area contributed by atoms with Crippen molar-refractivity contribution >= 4 is 55.0 Å². The Hall–Kier alpha value is -0.150. The molecule has 0 spiro atoms. The zero-order chi connectivity index (χ0) is 12.5. The summed E-state index contributed by atoms with van der Waals surface area (Å²) in [6, 6.07) is 13.9. The van der Waals surface area contributed by atoms with E-state index < -0.39 is 9.84 Å². The van der Waals surface area contributed by atoms with Crippen LogP contribution in [-0.2, 0) is 9.84 Å². The molecule has 88 valence electrons. The van der Waals surface area contributed by atoms with E-state index in [0.717, 1.165) is 7.14 Å². The molecule has 2 nitrogen and oxygen atoms in total. The van der Waals surface area contributed by atoms with Gasteiger partial charge in [0.25, 0.3) is 0 Å². The number of hydrogen-bond acceptors (Lipinski definition) is 2. The predicted molar refractivity (Wildman–Crippen MR) is 83.8 cm³/mol. The Bertz CT molecular complexity index is 637. The van der Waals surface area contributed by atoms with Crippen LogP contribution < -0.4 is 0 Å². The molecule has 0 radical (unpaired) electrons. The van der Waals surface area contributed by atoms with Gasteiger partial charge in [-0.3, -0.25) is 0 Å². The average molecular weight is 470 g/mol. The molecule has 0 aliphatic heterocycles. The molecule has 0 unspecified atom stereocenters. The molecular formula is C12H8I2O2S.